The average Bonchev–Trinajstić information content (AvgIpc) is 2.72. The van der Waals surface area contributed by atoms with Crippen LogP contribution in [0, 0.1) is 5.92 Å². The number of hydrogen-bond acceptors (Lipinski definition) is 1. The van der Waals surface area contributed by atoms with Gasteiger partial charge >= 0.3 is 0 Å². The van der Waals surface area contributed by atoms with Crippen LogP contribution in [0.1, 0.15) is 32.8 Å². The maximum absolute atomic E-state index is 3.45. The molecule has 2 rings (SSSR count). The van der Waals surface area contributed by atoms with Crippen LogP contribution in [-0.4, -0.2) is 11.1 Å². The summed E-state index contributed by atoms with van der Waals surface area (Å²) in [6.07, 6.45) is 3.39. The zero-order valence-electron chi connectivity index (χ0n) is 11.7. The minimum absolute atomic E-state index is 0.687. The molecule has 2 heteroatoms. The number of hydrogen-bond donors (Lipinski definition) is 1. The van der Waals surface area contributed by atoms with Crippen molar-refractivity contribution >= 4 is 10.9 Å². The molecule has 1 N–H and O–H groups in total. The molecule has 0 aliphatic heterocycles. The Morgan fingerprint density at radius 1 is 1.22 bits per heavy atom. The molecule has 0 saturated heterocycles. The van der Waals surface area contributed by atoms with Crippen molar-refractivity contribution in [3.05, 3.63) is 36.0 Å². The minimum atomic E-state index is 0.687. The van der Waals surface area contributed by atoms with Crippen LogP contribution in [-0.2, 0) is 13.1 Å². The third-order valence-corrected chi connectivity index (χ3v) is 3.15. The van der Waals surface area contributed by atoms with Gasteiger partial charge in [0, 0.05) is 24.8 Å². The smallest absolute Gasteiger partial charge is 0.0480 e. The summed E-state index contributed by atoms with van der Waals surface area (Å²) in [6.45, 7) is 9.87. The summed E-state index contributed by atoms with van der Waals surface area (Å²) in [5, 5.41) is 4.80. The fraction of sp³-hybridized carbons (Fsp3) is 0.500. The molecule has 98 valence electrons. The van der Waals surface area contributed by atoms with Crippen molar-refractivity contribution in [2.24, 2.45) is 5.92 Å². The Balaban J connectivity index is 2.15. The molecule has 0 fully saturated rings. The summed E-state index contributed by atoms with van der Waals surface area (Å²) in [5.41, 5.74) is 2.72. The summed E-state index contributed by atoms with van der Waals surface area (Å²) in [7, 11) is 0. The highest BCUT2D eigenvalue weighted by Gasteiger charge is 2.03. The van der Waals surface area contributed by atoms with Crippen molar-refractivity contribution in [2.45, 2.75) is 40.3 Å². The van der Waals surface area contributed by atoms with Gasteiger partial charge in [0.2, 0.25) is 0 Å². The molecular formula is C16H24N2. The molecule has 1 aromatic carbocycles. The van der Waals surface area contributed by atoms with E-state index in [0.717, 1.165) is 19.6 Å². The second-order valence-corrected chi connectivity index (χ2v) is 5.43. The number of benzene rings is 1. The van der Waals surface area contributed by atoms with Crippen molar-refractivity contribution < 1.29 is 0 Å². The number of nitrogens with zero attached hydrogens (tertiary/aromatic N) is 1. The SMILES string of the molecule is CCCNCc1ccc2c(ccn2CC(C)C)c1. The Morgan fingerprint density at radius 3 is 2.78 bits per heavy atom. The zero-order valence-corrected chi connectivity index (χ0v) is 11.7. The van der Waals surface area contributed by atoms with E-state index in [1.807, 2.05) is 0 Å². The maximum atomic E-state index is 3.45. The molecule has 1 aromatic heterocycles. The zero-order chi connectivity index (χ0) is 13.0. The van der Waals surface area contributed by atoms with E-state index < -0.39 is 0 Å². The topological polar surface area (TPSA) is 17.0 Å². The van der Waals surface area contributed by atoms with Crippen LogP contribution in [0.15, 0.2) is 30.5 Å². The highest BCUT2D eigenvalue weighted by atomic mass is 15.0. The first kappa shape index (κ1) is 13.2. The molecule has 0 aliphatic rings. The van der Waals surface area contributed by atoms with Crippen molar-refractivity contribution in [3.63, 3.8) is 0 Å². The van der Waals surface area contributed by atoms with Crippen LogP contribution in [0.3, 0.4) is 0 Å². The Kier molecular flexibility index (Phi) is 4.43. The second kappa shape index (κ2) is 6.05. The molecule has 2 aromatic rings. The molecule has 1 heterocycles. The van der Waals surface area contributed by atoms with Gasteiger partial charge in [-0.05, 0) is 48.0 Å². The number of nitrogens with one attached hydrogen (secondary N) is 1. The molecule has 0 spiro atoms. The van der Waals surface area contributed by atoms with Gasteiger partial charge in [-0.2, -0.15) is 0 Å². The molecule has 0 saturated carbocycles. The summed E-state index contributed by atoms with van der Waals surface area (Å²) in [6, 6.07) is 9.01. The van der Waals surface area contributed by atoms with Crippen LogP contribution in [0.2, 0.25) is 0 Å². The standard InChI is InChI=1S/C16H24N2/c1-4-8-17-11-14-5-6-16-15(10-14)7-9-18(16)12-13(2)3/h5-7,9-10,13,17H,4,8,11-12H2,1-3H3. The van der Waals surface area contributed by atoms with Crippen molar-refractivity contribution in [2.75, 3.05) is 6.54 Å². The van der Waals surface area contributed by atoms with Gasteiger partial charge in [-0.25, -0.2) is 0 Å². The molecule has 0 bridgehead atoms. The van der Waals surface area contributed by atoms with E-state index in [9.17, 15) is 0 Å². The molecule has 2 nitrogen and oxygen atoms in total. The van der Waals surface area contributed by atoms with Gasteiger partial charge in [-0.3, -0.25) is 0 Å². The predicted molar refractivity (Wildman–Crippen MR) is 78.8 cm³/mol. The first-order valence-corrected chi connectivity index (χ1v) is 6.99. The third-order valence-electron chi connectivity index (χ3n) is 3.15. The lowest BCUT2D eigenvalue weighted by molar-refractivity contribution is 0.535. The monoisotopic (exact) mass is 244 g/mol. The quantitative estimate of drug-likeness (QED) is 0.765. The van der Waals surface area contributed by atoms with E-state index in [1.54, 1.807) is 0 Å². The number of fused-ring (bicyclic) bond motifs is 1. The fourth-order valence-corrected chi connectivity index (χ4v) is 2.32. The van der Waals surface area contributed by atoms with E-state index in [-0.39, 0.29) is 0 Å². The van der Waals surface area contributed by atoms with Gasteiger partial charge in [-0.1, -0.05) is 26.8 Å². The van der Waals surface area contributed by atoms with E-state index in [2.05, 4.69) is 61.1 Å². The molecule has 0 amide bonds. The molecule has 0 radical (unpaired) electrons. The average molecular weight is 244 g/mol. The second-order valence-electron chi connectivity index (χ2n) is 5.43. The molecule has 18 heavy (non-hydrogen) atoms. The highest BCUT2D eigenvalue weighted by Crippen LogP contribution is 2.19. The summed E-state index contributed by atoms with van der Waals surface area (Å²) < 4.78 is 2.35. The van der Waals surface area contributed by atoms with Crippen molar-refractivity contribution in [1.29, 1.82) is 0 Å². The largest absolute Gasteiger partial charge is 0.347 e. The fourth-order valence-electron chi connectivity index (χ4n) is 2.32. The lowest BCUT2D eigenvalue weighted by atomic mass is 10.1. The number of aromatic nitrogens is 1. The molecular weight excluding hydrogens is 220 g/mol. The maximum Gasteiger partial charge on any atom is 0.0480 e. The van der Waals surface area contributed by atoms with Gasteiger partial charge in [0.1, 0.15) is 0 Å². The normalized spacial score (nSPS) is 11.6. The van der Waals surface area contributed by atoms with Crippen LogP contribution >= 0.6 is 0 Å². The Bertz CT molecular complexity index is 497. The summed E-state index contributed by atoms with van der Waals surface area (Å²) >= 11 is 0. The van der Waals surface area contributed by atoms with Crippen molar-refractivity contribution in [3.8, 4) is 0 Å². The molecule has 0 atom stereocenters. The van der Waals surface area contributed by atoms with Crippen LogP contribution < -0.4 is 5.32 Å². The Morgan fingerprint density at radius 2 is 2.06 bits per heavy atom. The Labute approximate surface area is 110 Å². The molecule has 0 unspecified atom stereocenters. The van der Waals surface area contributed by atoms with Crippen LogP contribution in [0.5, 0.6) is 0 Å². The van der Waals surface area contributed by atoms with Gasteiger partial charge in [0.05, 0.1) is 0 Å². The highest BCUT2D eigenvalue weighted by molar-refractivity contribution is 5.80. The summed E-state index contributed by atoms with van der Waals surface area (Å²) in [5.74, 6) is 0.687. The van der Waals surface area contributed by atoms with E-state index in [0.29, 0.717) is 5.92 Å². The minimum Gasteiger partial charge on any atom is -0.347 e. The van der Waals surface area contributed by atoms with Crippen molar-refractivity contribution in [1.82, 2.24) is 9.88 Å². The molecule has 0 aliphatic carbocycles. The van der Waals surface area contributed by atoms with E-state index in [1.165, 1.54) is 22.9 Å². The lowest BCUT2D eigenvalue weighted by Crippen LogP contribution is -2.13. The lowest BCUT2D eigenvalue weighted by Gasteiger charge is -2.09. The van der Waals surface area contributed by atoms with Crippen LogP contribution in [0.4, 0.5) is 0 Å². The predicted octanol–water partition coefficient (Wildman–Crippen LogP) is 3.80. The van der Waals surface area contributed by atoms with Gasteiger partial charge < -0.3 is 9.88 Å². The Hall–Kier alpha value is -1.28. The van der Waals surface area contributed by atoms with Gasteiger partial charge in [-0.15, -0.1) is 0 Å². The summed E-state index contributed by atoms with van der Waals surface area (Å²) in [4.78, 5) is 0. The van der Waals surface area contributed by atoms with E-state index >= 15 is 0 Å². The third kappa shape index (κ3) is 3.14. The van der Waals surface area contributed by atoms with Crippen LogP contribution in [0.25, 0.3) is 10.9 Å². The van der Waals surface area contributed by atoms with Gasteiger partial charge in [0.15, 0.2) is 0 Å². The van der Waals surface area contributed by atoms with Gasteiger partial charge in [0.25, 0.3) is 0 Å². The first-order valence-electron chi connectivity index (χ1n) is 6.99. The first-order chi connectivity index (χ1) is 8.70. The number of rotatable bonds is 6. The van der Waals surface area contributed by atoms with E-state index in [4.69, 9.17) is 0 Å².